The molecule has 1 saturated carbocycles. The van der Waals surface area contributed by atoms with Gasteiger partial charge < -0.3 is 4.57 Å². The molecule has 1 spiro atoms. The molecule has 0 amide bonds. The number of fused-ring (bicyclic) bond motifs is 2. The molecular formula is C17H23N5O2S. The number of aromatic nitrogens is 4. The summed E-state index contributed by atoms with van der Waals surface area (Å²) in [6, 6.07) is 0. The van der Waals surface area contributed by atoms with Gasteiger partial charge in [0.05, 0.1) is 23.3 Å². The highest BCUT2D eigenvalue weighted by molar-refractivity contribution is 7.90. The van der Waals surface area contributed by atoms with Gasteiger partial charge in [-0.05, 0) is 32.1 Å². The minimum absolute atomic E-state index is 0.0377. The van der Waals surface area contributed by atoms with Crippen molar-refractivity contribution in [1.29, 1.82) is 0 Å². The summed E-state index contributed by atoms with van der Waals surface area (Å²) in [6.45, 7) is 2.22. The van der Waals surface area contributed by atoms with E-state index in [4.69, 9.17) is 4.98 Å². The Morgan fingerprint density at radius 1 is 1.12 bits per heavy atom. The molecule has 2 aromatic rings. The predicted octanol–water partition coefficient (Wildman–Crippen LogP) is 1.51. The molecule has 0 atom stereocenters. The third-order valence-corrected chi connectivity index (χ3v) is 8.53. The highest BCUT2D eigenvalue weighted by atomic mass is 32.2. The lowest BCUT2D eigenvalue weighted by Gasteiger charge is -2.37. The molecule has 25 heavy (non-hydrogen) atoms. The van der Waals surface area contributed by atoms with Crippen molar-refractivity contribution in [3.63, 3.8) is 0 Å². The van der Waals surface area contributed by atoms with E-state index in [1.165, 1.54) is 0 Å². The van der Waals surface area contributed by atoms with Crippen LogP contribution in [0.25, 0.3) is 11.3 Å². The lowest BCUT2D eigenvalue weighted by Crippen LogP contribution is -2.45. The molecule has 2 aromatic heterocycles. The van der Waals surface area contributed by atoms with Gasteiger partial charge in [-0.25, -0.2) is 17.7 Å². The third-order valence-electron chi connectivity index (χ3n) is 6.13. The van der Waals surface area contributed by atoms with Crippen molar-refractivity contribution in [2.45, 2.75) is 49.3 Å². The highest BCUT2D eigenvalue weighted by Gasteiger charge is 2.48. The summed E-state index contributed by atoms with van der Waals surface area (Å²) in [5.41, 5.74) is 2.25. The monoisotopic (exact) mass is 361 g/mol. The van der Waals surface area contributed by atoms with E-state index >= 15 is 0 Å². The molecule has 1 aliphatic carbocycles. The van der Waals surface area contributed by atoms with Crippen LogP contribution < -0.4 is 0 Å². The van der Waals surface area contributed by atoms with Crippen molar-refractivity contribution in [2.75, 3.05) is 13.1 Å². The molecule has 1 saturated heterocycles. The van der Waals surface area contributed by atoms with Gasteiger partial charge in [-0.2, -0.15) is 5.10 Å². The first kappa shape index (κ1) is 15.6. The fourth-order valence-electron chi connectivity index (χ4n) is 4.47. The van der Waals surface area contributed by atoms with Crippen LogP contribution in [0, 0.1) is 0 Å². The first-order valence-corrected chi connectivity index (χ1v) is 10.5. The fraction of sp³-hybridized carbons (Fsp3) is 0.647. The van der Waals surface area contributed by atoms with Crippen molar-refractivity contribution >= 4 is 10.0 Å². The zero-order chi connectivity index (χ0) is 17.2. The number of aryl methyl sites for hydroxylation is 1. The van der Waals surface area contributed by atoms with Gasteiger partial charge in [-0.3, -0.25) is 4.68 Å². The number of hydrogen-bond donors (Lipinski definition) is 0. The molecule has 0 bridgehead atoms. The Morgan fingerprint density at radius 2 is 1.84 bits per heavy atom. The minimum Gasteiger partial charge on any atom is -0.327 e. The SMILES string of the molecule is Cn1cc(-c2cnc3n2CCC32CCN(S(=O)(=O)C3CC3)CC2)cn1. The number of nitrogens with zero attached hydrogens (tertiary/aromatic N) is 5. The molecule has 134 valence electrons. The Kier molecular flexibility index (Phi) is 3.22. The molecule has 3 aliphatic rings. The summed E-state index contributed by atoms with van der Waals surface area (Å²) in [5.74, 6) is 1.13. The van der Waals surface area contributed by atoms with Crippen LogP contribution in [0.3, 0.4) is 0 Å². The van der Waals surface area contributed by atoms with Gasteiger partial charge in [0.25, 0.3) is 0 Å². The zero-order valence-corrected chi connectivity index (χ0v) is 15.2. The van der Waals surface area contributed by atoms with E-state index in [9.17, 15) is 8.42 Å². The van der Waals surface area contributed by atoms with Crippen molar-refractivity contribution in [3.05, 3.63) is 24.4 Å². The number of hydrogen-bond acceptors (Lipinski definition) is 4. The van der Waals surface area contributed by atoms with E-state index in [2.05, 4.69) is 9.67 Å². The Hall–Kier alpha value is -1.67. The maximum Gasteiger partial charge on any atom is 0.216 e. The van der Waals surface area contributed by atoms with E-state index in [-0.39, 0.29) is 10.7 Å². The van der Waals surface area contributed by atoms with Crippen LogP contribution in [0.15, 0.2) is 18.6 Å². The van der Waals surface area contributed by atoms with E-state index in [0.29, 0.717) is 13.1 Å². The van der Waals surface area contributed by atoms with Gasteiger partial charge in [-0.1, -0.05) is 0 Å². The van der Waals surface area contributed by atoms with Crippen LogP contribution >= 0.6 is 0 Å². The quantitative estimate of drug-likeness (QED) is 0.831. The summed E-state index contributed by atoms with van der Waals surface area (Å²) in [7, 11) is -1.13. The van der Waals surface area contributed by atoms with Gasteiger partial charge in [0.1, 0.15) is 5.82 Å². The summed E-state index contributed by atoms with van der Waals surface area (Å²) in [4.78, 5) is 4.75. The first-order chi connectivity index (χ1) is 12.0. The number of imidazole rings is 1. The number of sulfonamides is 1. The molecule has 8 heteroatoms. The Morgan fingerprint density at radius 3 is 2.48 bits per heavy atom. The maximum atomic E-state index is 12.5. The third kappa shape index (κ3) is 2.30. The largest absolute Gasteiger partial charge is 0.327 e. The summed E-state index contributed by atoms with van der Waals surface area (Å²) < 4.78 is 30.8. The predicted molar refractivity (Wildman–Crippen MR) is 93.5 cm³/mol. The van der Waals surface area contributed by atoms with Crippen molar-refractivity contribution < 1.29 is 8.42 Å². The number of rotatable bonds is 3. The highest BCUT2D eigenvalue weighted by Crippen LogP contribution is 2.45. The molecule has 0 unspecified atom stereocenters. The molecule has 2 aliphatic heterocycles. The van der Waals surface area contributed by atoms with E-state index in [1.54, 1.807) is 8.99 Å². The Labute approximate surface area is 147 Å². The van der Waals surface area contributed by atoms with E-state index in [1.807, 2.05) is 25.6 Å². The first-order valence-electron chi connectivity index (χ1n) is 9.04. The van der Waals surface area contributed by atoms with Crippen LogP contribution in [-0.4, -0.2) is 50.4 Å². The maximum absolute atomic E-state index is 12.5. The second kappa shape index (κ2) is 5.17. The molecule has 0 radical (unpaired) electrons. The Balaban J connectivity index is 1.41. The minimum atomic E-state index is -3.05. The average molecular weight is 361 g/mol. The van der Waals surface area contributed by atoms with Crippen LogP contribution in [0.1, 0.15) is 37.9 Å². The van der Waals surface area contributed by atoms with Crippen LogP contribution in [-0.2, 0) is 29.0 Å². The summed E-state index contributed by atoms with van der Waals surface area (Å²) in [5, 5.41) is 4.16. The molecule has 0 aromatic carbocycles. The normalized spacial score (nSPS) is 23.2. The van der Waals surface area contributed by atoms with Gasteiger partial charge in [0.15, 0.2) is 0 Å². The molecular weight excluding hydrogens is 338 g/mol. The lowest BCUT2D eigenvalue weighted by molar-refractivity contribution is 0.227. The Bertz CT molecular complexity index is 917. The average Bonchev–Trinajstić information content (AvgIpc) is 3.12. The molecule has 4 heterocycles. The van der Waals surface area contributed by atoms with Gasteiger partial charge in [0, 0.05) is 43.9 Å². The second-order valence-corrected chi connectivity index (χ2v) is 9.91. The number of piperidine rings is 1. The van der Waals surface area contributed by atoms with Gasteiger partial charge >= 0.3 is 0 Å². The van der Waals surface area contributed by atoms with E-state index < -0.39 is 10.0 Å². The van der Waals surface area contributed by atoms with Crippen molar-refractivity contribution in [3.8, 4) is 11.3 Å². The van der Waals surface area contributed by atoms with Crippen molar-refractivity contribution in [1.82, 2.24) is 23.6 Å². The van der Waals surface area contributed by atoms with Gasteiger partial charge in [0.2, 0.25) is 10.0 Å². The van der Waals surface area contributed by atoms with Crippen LogP contribution in [0.5, 0.6) is 0 Å². The van der Waals surface area contributed by atoms with Crippen LogP contribution in [0.2, 0.25) is 0 Å². The van der Waals surface area contributed by atoms with Crippen LogP contribution in [0.4, 0.5) is 0 Å². The molecule has 2 fully saturated rings. The molecule has 0 N–H and O–H groups in total. The van der Waals surface area contributed by atoms with Crippen molar-refractivity contribution in [2.24, 2.45) is 7.05 Å². The van der Waals surface area contributed by atoms with E-state index in [0.717, 1.165) is 55.7 Å². The molecule has 7 nitrogen and oxygen atoms in total. The smallest absolute Gasteiger partial charge is 0.216 e. The molecule has 5 rings (SSSR count). The second-order valence-electron chi connectivity index (χ2n) is 7.70. The summed E-state index contributed by atoms with van der Waals surface area (Å²) in [6.07, 6.45) is 10.3. The summed E-state index contributed by atoms with van der Waals surface area (Å²) >= 11 is 0. The lowest BCUT2D eigenvalue weighted by atomic mass is 9.77. The van der Waals surface area contributed by atoms with Gasteiger partial charge in [-0.15, -0.1) is 0 Å². The fourth-order valence-corrected chi connectivity index (χ4v) is 6.31. The standard InChI is InChI=1S/C17H23N5O2S/c1-20-12-13(10-19-20)15-11-18-16-17(6-9-22(15)16)4-7-21(8-5-17)25(23,24)14-2-3-14/h10-12,14H,2-9H2,1H3. The zero-order valence-electron chi connectivity index (χ0n) is 14.4. The topological polar surface area (TPSA) is 73.0 Å².